The van der Waals surface area contributed by atoms with Gasteiger partial charge in [0.2, 0.25) is 5.24 Å². The first-order valence-electron chi connectivity index (χ1n) is 2.81. The normalized spacial score (nSPS) is 38.2. The molecule has 2 unspecified atom stereocenters. The quantitative estimate of drug-likeness (QED) is 0.431. The highest BCUT2D eigenvalue weighted by Crippen LogP contribution is 2.56. The number of hydrogen-bond donors (Lipinski definition) is 0. The summed E-state index contributed by atoms with van der Waals surface area (Å²) in [7, 11) is 0. The third-order valence-electron chi connectivity index (χ3n) is 1.94. The minimum atomic E-state index is -0.306. The van der Waals surface area contributed by atoms with Gasteiger partial charge in [-0.3, -0.25) is 4.79 Å². The summed E-state index contributed by atoms with van der Waals surface area (Å²) >= 11 is 11.0. The second-order valence-electron chi connectivity index (χ2n) is 3.00. The Morgan fingerprint density at radius 3 is 1.89 bits per heavy atom. The van der Waals surface area contributed by atoms with Gasteiger partial charge in [-0.2, -0.15) is 0 Å². The van der Waals surface area contributed by atoms with Crippen LogP contribution in [-0.2, 0) is 4.79 Å². The Bertz CT molecular complexity index is 153. The highest BCUT2D eigenvalue weighted by molar-refractivity contribution is 6.65. The molecule has 52 valence electrons. The van der Waals surface area contributed by atoms with Gasteiger partial charge in [0.25, 0.3) is 0 Å². The van der Waals surface area contributed by atoms with Crippen molar-refractivity contribution >= 4 is 28.4 Å². The molecule has 0 N–H and O–H groups in total. The smallest absolute Gasteiger partial charge is 0.226 e. The summed E-state index contributed by atoms with van der Waals surface area (Å²) in [5, 5.41) is -0.359. The fraction of sp³-hybridized carbons (Fsp3) is 0.833. The minimum absolute atomic E-state index is 0.0532. The van der Waals surface area contributed by atoms with Gasteiger partial charge >= 0.3 is 0 Å². The summed E-state index contributed by atoms with van der Waals surface area (Å²) in [5.41, 5.74) is -0.0691. The van der Waals surface area contributed by atoms with E-state index in [1.165, 1.54) is 0 Å². The SMILES string of the molecule is CC1(C)C(Cl)C1C(=O)Cl. The Hall–Kier alpha value is 0.250. The van der Waals surface area contributed by atoms with Crippen molar-refractivity contribution in [3.05, 3.63) is 0 Å². The lowest BCUT2D eigenvalue weighted by Gasteiger charge is -1.93. The molecule has 0 radical (unpaired) electrons. The van der Waals surface area contributed by atoms with Crippen LogP contribution in [0.3, 0.4) is 0 Å². The van der Waals surface area contributed by atoms with E-state index in [0.717, 1.165) is 0 Å². The molecule has 0 aromatic carbocycles. The average Bonchev–Trinajstić information content (AvgIpc) is 2.07. The molecule has 1 saturated carbocycles. The Balaban J connectivity index is 2.62. The van der Waals surface area contributed by atoms with E-state index in [2.05, 4.69) is 0 Å². The molecule has 0 bridgehead atoms. The van der Waals surface area contributed by atoms with Crippen molar-refractivity contribution in [3.8, 4) is 0 Å². The van der Waals surface area contributed by atoms with Crippen LogP contribution in [0, 0.1) is 11.3 Å². The van der Waals surface area contributed by atoms with E-state index in [1.54, 1.807) is 0 Å². The number of hydrogen-bond acceptors (Lipinski definition) is 1. The molecular formula is C6H8Cl2O. The molecule has 1 rings (SSSR count). The maximum absolute atomic E-state index is 10.5. The number of alkyl halides is 1. The molecular weight excluding hydrogens is 159 g/mol. The van der Waals surface area contributed by atoms with Crippen LogP contribution in [0.1, 0.15) is 13.8 Å². The van der Waals surface area contributed by atoms with Crippen LogP contribution in [0.5, 0.6) is 0 Å². The monoisotopic (exact) mass is 166 g/mol. The molecule has 0 heterocycles. The molecule has 0 spiro atoms. The summed E-state index contributed by atoms with van der Waals surface area (Å²) in [4.78, 5) is 10.5. The molecule has 0 amide bonds. The topological polar surface area (TPSA) is 17.1 Å². The average molecular weight is 167 g/mol. The van der Waals surface area contributed by atoms with E-state index in [9.17, 15) is 4.79 Å². The molecule has 1 aliphatic carbocycles. The van der Waals surface area contributed by atoms with Gasteiger partial charge in [0.1, 0.15) is 0 Å². The highest BCUT2D eigenvalue weighted by atomic mass is 35.5. The Kier molecular flexibility index (Phi) is 1.52. The van der Waals surface area contributed by atoms with Crippen LogP contribution >= 0.6 is 23.2 Å². The highest BCUT2D eigenvalue weighted by Gasteiger charge is 2.60. The first-order valence-corrected chi connectivity index (χ1v) is 3.63. The van der Waals surface area contributed by atoms with Crippen LogP contribution in [0.2, 0.25) is 0 Å². The molecule has 1 aliphatic rings. The second-order valence-corrected chi connectivity index (χ2v) is 3.85. The molecule has 0 aliphatic heterocycles. The van der Waals surface area contributed by atoms with Crippen molar-refractivity contribution < 1.29 is 4.79 Å². The zero-order chi connectivity index (χ0) is 7.23. The Morgan fingerprint density at radius 1 is 1.56 bits per heavy atom. The lowest BCUT2D eigenvalue weighted by atomic mass is 10.1. The number of carbonyl (C=O) groups is 1. The second kappa shape index (κ2) is 1.86. The van der Waals surface area contributed by atoms with Gasteiger partial charge in [0, 0.05) is 0 Å². The lowest BCUT2D eigenvalue weighted by Crippen LogP contribution is -1.96. The molecule has 0 aromatic rings. The molecule has 9 heavy (non-hydrogen) atoms. The molecule has 1 nitrogen and oxygen atoms in total. The summed E-state index contributed by atoms with van der Waals surface area (Å²) in [6.07, 6.45) is 0. The van der Waals surface area contributed by atoms with Gasteiger partial charge in [-0.15, -0.1) is 11.6 Å². The minimum Gasteiger partial charge on any atom is -0.281 e. The zero-order valence-electron chi connectivity index (χ0n) is 5.32. The summed E-state index contributed by atoms with van der Waals surface area (Å²) in [6.45, 7) is 3.88. The molecule has 1 fully saturated rings. The summed E-state index contributed by atoms with van der Waals surface area (Å²) in [6, 6.07) is 0. The van der Waals surface area contributed by atoms with Crippen molar-refractivity contribution in [1.29, 1.82) is 0 Å². The van der Waals surface area contributed by atoms with Crippen molar-refractivity contribution in [2.75, 3.05) is 0 Å². The zero-order valence-corrected chi connectivity index (χ0v) is 6.83. The van der Waals surface area contributed by atoms with E-state index in [0.29, 0.717) is 0 Å². The van der Waals surface area contributed by atoms with Gasteiger partial charge < -0.3 is 0 Å². The van der Waals surface area contributed by atoms with E-state index in [1.807, 2.05) is 13.8 Å². The largest absolute Gasteiger partial charge is 0.281 e. The van der Waals surface area contributed by atoms with Gasteiger partial charge in [-0.25, -0.2) is 0 Å². The van der Waals surface area contributed by atoms with Crippen LogP contribution in [0.25, 0.3) is 0 Å². The van der Waals surface area contributed by atoms with Crippen LogP contribution in [-0.4, -0.2) is 10.6 Å². The third kappa shape index (κ3) is 0.968. The van der Waals surface area contributed by atoms with Crippen molar-refractivity contribution in [2.45, 2.75) is 19.2 Å². The molecule has 0 saturated heterocycles. The van der Waals surface area contributed by atoms with E-state index in [-0.39, 0.29) is 22.0 Å². The first kappa shape index (κ1) is 7.36. The Morgan fingerprint density at radius 2 is 1.89 bits per heavy atom. The van der Waals surface area contributed by atoms with Crippen LogP contribution in [0.4, 0.5) is 0 Å². The van der Waals surface area contributed by atoms with Gasteiger partial charge in [-0.1, -0.05) is 13.8 Å². The van der Waals surface area contributed by atoms with Crippen LogP contribution < -0.4 is 0 Å². The third-order valence-corrected chi connectivity index (χ3v) is 2.99. The molecule has 0 aromatic heterocycles. The predicted molar refractivity (Wildman–Crippen MR) is 37.8 cm³/mol. The standard InChI is InChI=1S/C6H8Cl2O/c1-6(2)3(4(6)7)5(8)9/h3-4H,1-2H3. The van der Waals surface area contributed by atoms with Gasteiger partial charge in [0.15, 0.2) is 0 Å². The van der Waals surface area contributed by atoms with Gasteiger partial charge in [0.05, 0.1) is 11.3 Å². The molecule has 2 atom stereocenters. The van der Waals surface area contributed by atoms with Crippen molar-refractivity contribution in [3.63, 3.8) is 0 Å². The maximum Gasteiger partial charge on any atom is 0.226 e. The van der Waals surface area contributed by atoms with E-state index < -0.39 is 0 Å². The summed E-state index contributed by atoms with van der Waals surface area (Å²) in [5.74, 6) is -0.124. The lowest BCUT2D eigenvalue weighted by molar-refractivity contribution is -0.113. The predicted octanol–water partition coefficient (Wildman–Crippen LogP) is 2.02. The fourth-order valence-corrected chi connectivity index (χ4v) is 1.96. The number of rotatable bonds is 1. The number of carbonyl (C=O) groups excluding carboxylic acids is 1. The number of halogens is 2. The maximum atomic E-state index is 10.5. The van der Waals surface area contributed by atoms with E-state index >= 15 is 0 Å². The van der Waals surface area contributed by atoms with E-state index in [4.69, 9.17) is 23.2 Å². The van der Waals surface area contributed by atoms with Crippen molar-refractivity contribution in [2.24, 2.45) is 11.3 Å². The van der Waals surface area contributed by atoms with Gasteiger partial charge in [-0.05, 0) is 17.0 Å². The fourth-order valence-electron chi connectivity index (χ4n) is 0.983. The Labute approximate surface area is 64.3 Å². The van der Waals surface area contributed by atoms with Crippen molar-refractivity contribution in [1.82, 2.24) is 0 Å². The van der Waals surface area contributed by atoms with Crippen LogP contribution in [0.15, 0.2) is 0 Å². The summed E-state index contributed by atoms with van der Waals surface area (Å²) < 4.78 is 0. The first-order chi connectivity index (χ1) is 3.98. The molecule has 3 heteroatoms.